The fourth-order valence-corrected chi connectivity index (χ4v) is 2.98. The molecule has 0 radical (unpaired) electrons. The van der Waals surface area contributed by atoms with Gasteiger partial charge in [-0.15, -0.1) is 0 Å². The van der Waals surface area contributed by atoms with E-state index in [0.717, 1.165) is 0 Å². The summed E-state index contributed by atoms with van der Waals surface area (Å²) < 4.78 is 31.4. The van der Waals surface area contributed by atoms with Crippen molar-refractivity contribution in [2.45, 2.75) is 50.6 Å². The van der Waals surface area contributed by atoms with Crippen LogP contribution in [0.25, 0.3) is 0 Å². The molecule has 1 saturated carbocycles. The van der Waals surface area contributed by atoms with Crippen LogP contribution in [0.3, 0.4) is 0 Å². The third-order valence-corrected chi connectivity index (χ3v) is 4.26. The molecule has 7 heteroatoms. The van der Waals surface area contributed by atoms with Crippen molar-refractivity contribution in [1.82, 2.24) is 4.90 Å². The quantitative estimate of drug-likeness (QED) is 0.861. The van der Waals surface area contributed by atoms with E-state index in [2.05, 4.69) is 0 Å². The number of nitrogens with zero attached hydrogens (tertiary/aromatic N) is 1. The average Bonchev–Trinajstić information content (AvgIpc) is 2.45. The second kappa shape index (κ2) is 6.68. The molecule has 0 aromatic heterocycles. The van der Waals surface area contributed by atoms with Crippen LogP contribution in [0.5, 0.6) is 0 Å². The lowest BCUT2D eigenvalue weighted by Gasteiger charge is -2.36. The Balaban J connectivity index is 1.74. The van der Waals surface area contributed by atoms with Crippen molar-refractivity contribution in [2.75, 3.05) is 19.7 Å². The Morgan fingerprint density at radius 2 is 1.71 bits per heavy atom. The number of carbonyl (C=O) groups excluding carboxylic acids is 1. The van der Waals surface area contributed by atoms with Crippen LogP contribution in [0.4, 0.5) is 8.78 Å². The number of amides is 1. The molecule has 0 unspecified atom stereocenters. The first-order chi connectivity index (χ1) is 9.87. The van der Waals surface area contributed by atoms with Crippen molar-refractivity contribution in [2.24, 2.45) is 5.92 Å². The van der Waals surface area contributed by atoms with Crippen LogP contribution in [0, 0.1) is 5.92 Å². The van der Waals surface area contributed by atoms with Gasteiger partial charge in [-0.1, -0.05) is 0 Å². The molecule has 0 atom stereocenters. The number of likely N-dealkylation sites (tertiary alicyclic amines) is 1. The number of ether oxygens (including phenoxy) is 1. The molecule has 0 aromatic rings. The predicted octanol–water partition coefficient (Wildman–Crippen LogP) is 1.90. The minimum Gasteiger partial charge on any atom is -0.480 e. The summed E-state index contributed by atoms with van der Waals surface area (Å²) >= 11 is 0. The van der Waals surface area contributed by atoms with Crippen LogP contribution < -0.4 is 0 Å². The number of carbonyl (C=O) groups is 2. The minimum atomic E-state index is -2.62. The topological polar surface area (TPSA) is 66.8 Å². The molecule has 21 heavy (non-hydrogen) atoms. The van der Waals surface area contributed by atoms with Gasteiger partial charge in [0.2, 0.25) is 11.8 Å². The van der Waals surface area contributed by atoms with E-state index in [4.69, 9.17) is 9.84 Å². The monoisotopic (exact) mass is 305 g/mol. The van der Waals surface area contributed by atoms with Gasteiger partial charge >= 0.3 is 5.97 Å². The lowest BCUT2D eigenvalue weighted by atomic mass is 9.85. The minimum absolute atomic E-state index is 0.0396. The number of piperidine rings is 1. The molecule has 2 aliphatic rings. The Bertz CT molecular complexity index is 384. The van der Waals surface area contributed by atoms with E-state index in [1.807, 2.05) is 0 Å². The molecule has 2 rings (SSSR count). The maximum absolute atomic E-state index is 13.1. The third kappa shape index (κ3) is 4.62. The molecule has 1 aliphatic heterocycles. The summed E-state index contributed by atoms with van der Waals surface area (Å²) in [6.45, 7) is 0.697. The van der Waals surface area contributed by atoms with E-state index in [0.29, 0.717) is 25.9 Å². The number of aliphatic carboxylic acids is 1. The van der Waals surface area contributed by atoms with Crippen LogP contribution in [0.15, 0.2) is 0 Å². The zero-order chi connectivity index (χ0) is 15.5. The normalized spacial score (nSPS) is 24.0. The molecular formula is C14H21F2NO4. The Labute approximate surface area is 122 Å². The molecule has 5 nitrogen and oxygen atoms in total. The smallest absolute Gasteiger partial charge is 0.329 e. The number of rotatable bonds is 4. The second-order valence-electron chi connectivity index (χ2n) is 5.86. The van der Waals surface area contributed by atoms with Gasteiger partial charge in [-0.3, -0.25) is 4.79 Å². The maximum Gasteiger partial charge on any atom is 0.329 e. The van der Waals surface area contributed by atoms with Crippen LogP contribution in [0.2, 0.25) is 0 Å². The first-order valence-electron chi connectivity index (χ1n) is 7.37. The molecule has 1 N–H and O–H groups in total. The Morgan fingerprint density at radius 1 is 1.14 bits per heavy atom. The summed E-state index contributed by atoms with van der Waals surface area (Å²) in [7, 11) is 0. The maximum atomic E-state index is 13.1. The van der Waals surface area contributed by atoms with Crippen LogP contribution >= 0.6 is 0 Å². The van der Waals surface area contributed by atoms with Gasteiger partial charge < -0.3 is 14.7 Å². The van der Waals surface area contributed by atoms with E-state index in [1.165, 1.54) is 0 Å². The van der Waals surface area contributed by atoms with Crippen molar-refractivity contribution >= 4 is 11.9 Å². The van der Waals surface area contributed by atoms with Gasteiger partial charge in [-0.2, -0.15) is 0 Å². The van der Waals surface area contributed by atoms with Crippen LogP contribution in [-0.4, -0.2) is 53.6 Å². The summed E-state index contributed by atoms with van der Waals surface area (Å²) in [5.74, 6) is -3.95. The number of carboxylic acids is 1. The largest absolute Gasteiger partial charge is 0.480 e. The molecule has 2 fully saturated rings. The first-order valence-corrected chi connectivity index (χ1v) is 7.37. The summed E-state index contributed by atoms with van der Waals surface area (Å²) in [4.78, 5) is 24.4. The van der Waals surface area contributed by atoms with Gasteiger partial charge in [0.25, 0.3) is 0 Å². The number of halogens is 2. The standard InChI is InChI=1S/C14H21F2NO4/c15-14(16)5-1-10(2-6-14)13(20)17-7-3-11(4-8-17)21-9-12(18)19/h10-11H,1-9H2,(H,18,19). The molecule has 0 spiro atoms. The Hall–Kier alpha value is -1.24. The lowest BCUT2D eigenvalue weighted by molar-refractivity contribution is -0.148. The Kier molecular flexibility index (Phi) is 5.13. The first kappa shape index (κ1) is 16.1. The van der Waals surface area contributed by atoms with Crippen molar-refractivity contribution in [3.63, 3.8) is 0 Å². The summed E-state index contributed by atoms with van der Waals surface area (Å²) in [6, 6.07) is 0. The average molecular weight is 305 g/mol. The van der Waals surface area contributed by atoms with Gasteiger partial charge in [0.05, 0.1) is 6.10 Å². The number of carboxylic acid groups (broad SMARTS) is 1. The SMILES string of the molecule is O=C(O)COC1CCN(C(=O)C2CCC(F)(F)CC2)CC1. The second-order valence-corrected chi connectivity index (χ2v) is 5.86. The van der Waals surface area contributed by atoms with Crippen molar-refractivity contribution < 1.29 is 28.2 Å². The molecular weight excluding hydrogens is 284 g/mol. The number of hydrogen-bond donors (Lipinski definition) is 1. The predicted molar refractivity (Wildman–Crippen MR) is 70.1 cm³/mol. The van der Waals surface area contributed by atoms with Gasteiger partial charge in [0.1, 0.15) is 6.61 Å². The fraction of sp³-hybridized carbons (Fsp3) is 0.857. The van der Waals surface area contributed by atoms with Gasteiger partial charge in [0, 0.05) is 31.8 Å². The summed E-state index contributed by atoms with van der Waals surface area (Å²) in [6.07, 6.45) is 1.15. The molecule has 120 valence electrons. The molecule has 1 saturated heterocycles. The number of hydrogen-bond acceptors (Lipinski definition) is 3. The molecule has 0 bridgehead atoms. The van der Waals surface area contributed by atoms with Gasteiger partial charge in [-0.25, -0.2) is 13.6 Å². The zero-order valence-corrected chi connectivity index (χ0v) is 11.9. The van der Waals surface area contributed by atoms with Crippen molar-refractivity contribution in [1.29, 1.82) is 0 Å². The molecule has 0 aromatic carbocycles. The van der Waals surface area contributed by atoms with Crippen molar-refractivity contribution in [3.05, 3.63) is 0 Å². The summed E-state index contributed by atoms with van der Waals surface area (Å²) in [5, 5.41) is 8.55. The summed E-state index contributed by atoms with van der Waals surface area (Å²) in [5.41, 5.74) is 0. The highest BCUT2D eigenvalue weighted by Crippen LogP contribution is 2.37. The highest BCUT2D eigenvalue weighted by molar-refractivity contribution is 5.79. The number of alkyl halides is 2. The van der Waals surface area contributed by atoms with E-state index in [1.54, 1.807) is 4.90 Å². The van der Waals surface area contributed by atoms with Gasteiger partial charge in [0.15, 0.2) is 0 Å². The van der Waals surface area contributed by atoms with E-state index in [9.17, 15) is 18.4 Å². The third-order valence-electron chi connectivity index (χ3n) is 4.26. The van der Waals surface area contributed by atoms with E-state index < -0.39 is 11.9 Å². The van der Waals surface area contributed by atoms with Gasteiger partial charge in [-0.05, 0) is 25.7 Å². The zero-order valence-electron chi connectivity index (χ0n) is 11.9. The van der Waals surface area contributed by atoms with Crippen LogP contribution in [-0.2, 0) is 14.3 Å². The Morgan fingerprint density at radius 3 is 2.24 bits per heavy atom. The van der Waals surface area contributed by atoms with Crippen molar-refractivity contribution in [3.8, 4) is 0 Å². The fourth-order valence-electron chi connectivity index (χ4n) is 2.98. The molecule has 1 heterocycles. The highest BCUT2D eigenvalue weighted by Gasteiger charge is 2.39. The van der Waals surface area contributed by atoms with Crippen LogP contribution in [0.1, 0.15) is 38.5 Å². The molecule has 1 aliphatic carbocycles. The molecule has 1 amide bonds. The lowest BCUT2D eigenvalue weighted by Crippen LogP contribution is -2.45. The van der Waals surface area contributed by atoms with E-state index >= 15 is 0 Å². The highest BCUT2D eigenvalue weighted by atomic mass is 19.3. The van der Waals surface area contributed by atoms with E-state index in [-0.39, 0.29) is 50.2 Å².